The van der Waals surface area contributed by atoms with Crippen molar-refractivity contribution in [3.63, 3.8) is 0 Å². The zero-order chi connectivity index (χ0) is 13.5. The van der Waals surface area contributed by atoms with Crippen LogP contribution in [0.1, 0.15) is 25.8 Å². The molecule has 1 unspecified atom stereocenters. The van der Waals surface area contributed by atoms with E-state index in [0.717, 1.165) is 24.2 Å². The molecule has 0 aliphatic carbocycles. The summed E-state index contributed by atoms with van der Waals surface area (Å²) in [5, 5.41) is 8.69. The fourth-order valence-electron chi connectivity index (χ4n) is 1.83. The number of para-hydroxylation sites is 1. The van der Waals surface area contributed by atoms with E-state index in [1.165, 1.54) is 6.08 Å². The van der Waals surface area contributed by atoms with Gasteiger partial charge < -0.3 is 10.0 Å². The molecule has 0 aromatic heterocycles. The standard InChI is InChI=1S/C15H21NO2/c1-4-12(2)11-16(3)14-8-6-5-7-13(14)9-10-15(17)18/h5-10,12H,4,11H2,1-3H3,(H,17,18)/b10-9+. The highest BCUT2D eigenvalue weighted by atomic mass is 16.4. The predicted molar refractivity (Wildman–Crippen MR) is 75.8 cm³/mol. The van der Waals surface area contributed by atoms with E-state index in [1.807, 2.05) is 31.3 Å². The third-order valence-corrected chi connectivity index (χ3v) is 3.04. The van der Waals surface area contributed by atoms with Crippen LogP contribution in [0.3, 0.4) is 0 Å². The molecule has 3 heteroatoms. The van der Waals surface area contributed by atoms with Gasteiger partial charge in [-0.05, 0) is 23.6 Å². The quantitative estimate of drug-likeness (QED) is 0.784. The minimum Gasteiger partial charge on any atom is -0.478 e. The van der Waals surface area contributed by atoms with Crippen molar-refractivity contribution in [2.75, 3.05) is 18.5 Å². The van der Waals surface area contributed by atoms with Gasteiger partial charge in [0.1, 0.15) is 0 Å². The Morgan fingerprint density at radius 1 is 1.44 bits per heavy atom. The van der Waals surface area contributed by atoms with Crippen LogP contribution in [0.4, 0.5) is 5.69 Å². The van der Waals surface area contributed by atoms with E-state index >= 15 is 0 Å². The number of hydrogen-bond acceptors (Lipinski definition) is 2. The average Bonchev–Trinajstić information content (AvgIpc) is 2.36. The van der Waals surface area contributed by atoms with E-state index in [-0.39, 0.29) is 0 Å². The van der Waals surface area contributed by atoms with Gasteiger partial charge in [-0.1, -0.05) is 38.5 Å². The first kappa shape index (κ1) is 14.3. The maximum atomic E-state index is 10.6. The van der Waals surface area contributed by atoms with Crippen LogP contribution in [0.2, 0.25) is 0 Å². The van der Waals surface area contributed by atoms with Crippen LogP contribution in [-0.2, 0) is 4.79 Å². The van der Waals surface area contributed by atoms with E-state index in [0.29, 0.717) is 5.92 Å². The monoisotopic (exact) mass is 247 g/mol. The van der Waals surface area contributed by atoms with E-state index < -0.39 is 5.97 Å². The number of carboxylic acid groups (broad SMARTS) is 1. The van der Waals surface area contributed by atoms with Crippen molar-refractivity contribution in [3.05, 3.63) is 35.9 Å². The maximum Gasteiger partial charge on any atom is 0.328 e. The molecular weight excluding hydrogens is 226 g/mol. The summed E-state index contributed by atoms with van der Waals surface area (Å²) >= 11 is 0. The molecule has 0 saturated heterocycles. The van der Waals surface area contributed by atoms with Crippen LogP contribution in [0.15, 0.2) is 30.3 Å². The molecule has 0 fully saturated rings. The molecule has 0 amide bonds. The summed E-state index contributed by atoms with van der Waals surface area (Å²) in [6.07, 6.45) is 3.96. The summed E-state index contributed by atoms with van der Waals surface area (Å²) in [4.78, 5) is 12.8. The normalized spacial score (nSPS) is 12.6. The van der Waals surface area contributed by atoms with Gasteiger partial charge in [0, 0.05) is 25.4 Å². The predicted octanol–water partition coefficient (Wildman–Crippen LogP) is 3.27. The largest absolute Gasteiger partial charge is 0.478 e. The Morgan fingerprint density at radius 3 is 2.72 bits per heavy atom. The van der Waals surface area contributed by atoms with Crippen LogP contribution in [0.5, 0.6) is 0 Å². The molecule has 0 heterocycles. The Hall–Kier alpha value is -1.77. The molecular formula is C15H21NO2. The Balaban J connectivity index is 2.90. The number of benzene rings is 1. The highest BCUT2D eigenvalue weighted by molar-refractivity contribution is 5.86. The molecule has 0 bridgehead atoms. The van der Waals surface area contributed by atoms with Crippen molar-refractivity contribution >= 4 is 17.7 Å². The topological polar surface area (TPSA) is 40.5 Å². The van der Waals surface area contributed by atoms with Gasteiger partial charge in [-0.15, -0.1) is 0 Å². The lowest BCUT2D eigenvalue weighted by Gasteiger charge is -2.24. The lowest BCUT2D eigenvalue weighted by molar-refractivity contribution is -0.131. The zero-order valence-electron chi connectivity index (χ0n) is 11.3. The second-order valence-electron chi connectivity index (χ2n) is 4.62. The first-order chi connectivity index (χ1) is 8.54. The third kappa shape index (κ3) is 4.24. The molecule has 98 valence electrons. The van der Waals surface area contributed by atoms with Crippen molar-refractivity contribution in [2.45, 2.75) is 20.3 Å². The fourth-order valence-corrected chi connectivity index (χ4v) is 1.83. The van der Waals surface area contributed by atoms with Crippen LogP contribution in [0.25, 0.3) is 6.08 Å². The van der Waals surface area contributed by atoms with E-state index in [2.05, 4.69) is 18.7 Å². The molecule has 0 saturated carbocycles. The van der Waals surface area contributed by atoms with Gasteiger partial charge >= 0.3 is 5.97 Å². The Kier molecular flexibility index (Phi) is 5.43. The van der Waals surface area contributed by atoms with Crippen LogP contribution in [-0.4, -0.2) is 24.7 Å². The minimum atomic E-state index is -0.922. The van der Waals surface area contributed by atoms with Gasteiger partial charge in [0.25, 0.3) is 0 Å². The van der Waals surface area contributed by atoms with Crippen molar-refractivity contribution in [3.8, 4) is 0 Å². The molecule has 0 aliphatic rings. The third-order valence-electron chi connectivity index (χ3n) is 3.04. The summed E-state index contributed by atoms with van der Waals surface area (Å²) in [6, 6.07) is 7.84. The van der Waals surface area contributed by atoms with Crippen molar-refractivity contribution in [1.29, 1.82) is 0 Å². The lowest BCUT2D eigenvalue weighted by Crippen LogP contribution is -2.24. The van der Waals surface area contributed by atoms with Crippen molar-refractivity contribution < 1.29 is 9.90 Å². The highest BCUT2D eigenvalue weighted by Crippen LogP contribution is 2.21. The number of anilines is 1. The van der Waals surface area contributed by atoms with Crippen molar-refractivity contribution in [2.24, 2.45) is 5.92 Å². The smallest absolute Gasteiger partial charge is 0.328 e. The highest BCUT2D eigenvalue weighted by Gasteiger charge is 2.08. The van der Waals surface area contributed by atoms with Gasteiger partial charge in [-0.25, -0.2) is 4.79 Å². The summed E-state index contributed by atoms with van der Waals surface area (Å²) in [5.41, 5.74) is 2.00. The SMILES string of the molecule is CCC(C)CN(C)c1ccccc1/C=C/C(=O)O. The van der Waals surface area contributed by atoms with Gasteiger partial charge in [-0.3, -0.25) is 0 Å². The van der Waals surface area contributed by atoms with Gasteiger partial charge in [-0.2, -0.15) is 0 Å². The van der Waals surface area contributed by atoms with Crippen LogP contribution >= 0.6 is 0 Å². The van der Waals surface area contributed by atoms with Crippen molar-refractivity contribution in [1.82, 2.24) is 0 Å². The van der Waals surface area contributed by atoms with E-state index in [1.54, 1.807) is 6.08 Å². The number of carboxylic acids is 1. The number of hydrogen-bond donors (Lipinski definition) is 1. The number of aliphatic carboxylic acids is 1. The maximum absolute atomic E-state index is 10.6. The van der Waals surface area contributed by atoms with Gasteiger partial charge in [0.05, 0.1) is 0 Å². The second kappa shape index (κ2) is 6.84. The number of nitrogens with zero attached hydrogens (tertiary/aromatic N) is 1. The first-order valence-electron chi connectivity index (χ1n) is 6.25. The summed E-state index contributed by atoms with van der Waals surface area (Å²) in [5.74, 6) is -0.305. The molecule has 1 rings (SSSR count). The Morgan fingerprint density at radius 2 is 2.11 bits per heavy atom. The summed E-state index contributed by atoms with van der Waals surface area (Å²) in [7, 11) is 2.04. The molecule has 0 aliphatic heterocycles. The zero-order valence-corrected chi connectivity index (χ0v) is 11.3. The van der Waals surface area contributed by atoms with Crippen LogP contribution < -0.4 is 4.90 Å². The molecule has 0 radical (unpaired) electrons. The fraction of sp³-hybridized carbons (Fsp3) is 0.400. The molecule has 18 heavy (non-hydrogen) atoms. The molecule has 1 aromatic rings. The molecule has 1 N–H and O–H groups in total. The second-order valence-corrected chi connectivity index (χ2v) is 4.62. The summed E-state index contributed by atoms with van der Waals surface area (Å²) < 4.78 is 0. The molecule has 1 atom stereocenters. The van der Waals surface area contributed by atoms with Crippen LogP contribution in [0, 0.1) is 5.92 Å². The Bertz CT molecular complexity index is 426. The summed E-state index contributed by atoms with van der Waals surface area (Å²) in [6.45, 7) is 5.36. The molecule has 0 spiro atoms. The number of rotatable bonds is 6. The van der Waals surface area contributed by atoms with Gasteiger partial charge in [0.15, 0.2) is 0 Å². The Labute approximate surface area is 109 Å². The lowest BCUT2D eigenvalue weighted by atomic mass is 10.1. The molecule has 1 aromatic carbocycles. The molecule has 3 nitrogen and oxygen atoms in total. The average molecular weight is 247 g/mol. The minimum absolute atomic E-state index is 0.617. The van der Waals surface area contributed by atoms with E-state index in [4.69, 9.17) is 5.11 Å². The van der Waals surface area contributed by atoms with E-state index in [9.17, 15) is 4.79 Å². The first-order valence-corrected chi connectivity index (χ1v) is 6.25. The van der Waals surface area contributed by atoms with Gasteiger partial charge in [0.2, 0.25) is 0 Å². The number of carbonyl (C=O) groups is 1.